The van der Waals surface area contributed by atoms with Gasteiger partial charge < -0.3 is 9.84 Å². The van der Waals surface area contributed by atoms with Crippen LogP contribution in [0.4, 0.5) is 0 Å². The summed E-state index contributed by atoms with van der Waals surface area (Å²) in [6.07, 6.45) is 0. The Morgan fingerprint density at radius 2 is 2.00 bits per heavy atom. The smallest absolute Gasteiger partial charge is 0.191 e. The van der Waals surface area contributed by atoms with Crippen LogP contribution in [0.15, 0.2) is 23.1 Å². The Morgan fingerprint density at radius 3 is 2.41 bits per heavy atom. The Bertz CT molecular complexity index is 524. The average molecular weight is 256 g/mol. The van der Waals surface area contributed by atoms with Crippen molar-refractivity contribution in [1.29, 1.82) is 0 Å². The zero-order valence-electron chi connectivity index (χ0n) is 9.93. The minimum Gasteiger partial charge on any atom is -0.395 e. The molecular weight excluding hydrogens is 240 g/mol. The van der Waals surface area contributed by atoms with E-state index in [2.05, 4.69) is 0 Å². The lowest BCUT2D eigenvalue weighted by Crippen LogP contribution is -2.58. The monoisotopic (exact) mass is 256 g/mol. The van der Waals surface area contributed by atoms with Crippen LogP contribution in [-0.2, 0) is 14.6 Å². The van der Waals surface area contributed by atoms with E-state index in [0.717, 1.165) is 5.56 Å². The van der Waals surface area contributed by atoms with Gasteiger partial charge in [-0.05, 0) is 25.5 Å². The molecule has 0 spiro atoms. The van der Waals surface area contributed by atoms with Crippen LogP contribution in [0.5, 0.6) is 0 Å². The van der Waals surface area contributed by atoms with Crippen LogP contribution in [0.3, 0.4) is 0 Å². The van der Waals surface area contributed by atoms with Gasteiger partial charge in [0.1, 0.15) is 4.75 Å². The van der Waals surface area contributed by atoms with Gasteiger partial charge in [-0.3, -0.25) is 0 Å². The first kappa shape index (κ1) is 12.5. The normalized spacial score (nSPS) is 18.8. The van der Waals surface area contributed by atoms with E-state index in [1.165, 1.54) is 0 Å². The number of aliphatic hydroxyl groups excluding tert-OH is 1. The second-order valence-corrected chi connectivity index (χ2v) is 6.92. The Morgan fingerprint density at radius 1 is 1.35 bits per heavy atom. The second kappa shape index (κ2) is 4.08. The van der Waals surface area contributed by atoms with E-state index in [-0.39, 0.29) is 13.2 Å². The Labute approximate surface area is 101 Å². The van der Waals surface area contributed by atoms with Gasteiger partial charge in [0.15, 0.2) is 9.84 Å². The first-order valence-corrected chi connectivity index (χ1v) is 6.92. The standard InChI is InChI=1S/C12H16O4S/c1-9-3-4-11(10(2)5-9)17(14,15)12(6-13)7-16-8-12/h3-5,13H,6-8H2,1-2H3. The fourth-order valence-corrected chi connectivity index (χ4v) is 3.84. The van der Waals surface area contributed by atoms with Gasteiger partial charge in [0.05, 0.1) is 24.7 Å². The molecule has 1 fully saturated rings. The van der Waals surface area contributed by atoms with Crippen molar-refractivity contribution < 1.29 is 18.3 Å². The summed E-state index contributed by atoms with van der Waals surface area (Å²) in [6.45, 7) is 3.42. The zero-order chi connectivity index (χ0) is 12.7. The van der Waals surface area contributed by atoms with Crippen LogP contribution >= 0.6 is 0 Å². The molecule has 1 N–H and O–H groups in total. The molecule has 0 bridgehead atoms. The SMILES string of the molecule is Cc1ccc(S(=O)(=O)C2(CO)COC2)c(C)c1. The summed E-state index contributed by atoms with van der Waals surface area (Å²) in [6, 6.07) is 5.21. The van der Waals surface area contributed by atoms with E-state index in [1.54, 1.807) is 19.1 Å². The van der Waals surface area contributed by atoms with E-state index < -0.39 is 21.2 Å². The number of hydrogen-bond acceptors (Lipinski definition) is 4. The molecule has 94 valence electrons. The summed E-state index contributed by atoms with van der Waals surface area (Å²) in [7, 11) is -3.54. The van der Waals surface area contributed by atoms with E-state index in [0.29, 0.717) is 10.5 Å². The molecule has 1 aliphatic heterocycles. The largest absolute Gasteiger partial charge is 0.395 e. The van der Waals surface area contributed by atoms with Gasteiger partial charge >= 0.3 is 0 Å². The van der Waals surface area contributed by atoms with E-state index >= 15 is 0 Å². The van der Waals surface area contributed by atoms with Crippen molar-refractivity contribution in [3.05, 3.63) is 29.3 Å². The highest BCUT2D eigenvalue weighted by Gasteiger charge is 2.51. The van der Waals surface area contributed by atoms with Crippen molar-refractivity contribution in [3.63, 3.8) is 0 Å². The highest BCUT2D eigenvalue weighted by molar-refractivity contribution is 7.93. The van der Waals surface area contributed by atoms with Crippen LogP contribution in [0.2, 0.25) is 0 Å². The van der Waals surface area contributed by atoms with E-state index in [9.17, 15) is 13.5 Å². The molecule has 0 aromatic heterocycles. The lowest BCUT2D eigenvalue weighted by atomic mass is 10.1. The summed E-state index contributed by atoms with van der Waals surface area (Å²) >= 11 is 0. The molecule has 0 unspecified atom stereocenters. The molecule has 1 heterocycles. The third kappa shape index (κ3) is 1.78. The molecule has 1 aliphatic rings. The van der Waals surface area contributed by atoms with Gasteiger partial charge in [-0.15, -0.1) is 0 Å². The maximum absolute atomic E-state index is 12.5. The lowest BCUT2D eigenvalue weighted by Gasteiger charge is -2.39. The Balaban J connectivity index is 2.52. The van der Waals surface area contributed by atoms with E-state index in [1.807, 2.05) is 13.0 Å². The van der Waals surface area contributed by atoms with Crippen molar-refractivity contribution in [3.8, 4) is 0 Å². The summed E-state index contributed by atoms with van der Waals surface area (Å²) in [5.74, 6) is 0. The predicted octanol–water partition coefficient (Wildman–Crippen LogP) is 0.838. The van der Waals surface area contributed by atoms with Crippen LogP contribution < -0.4 is 0 Å². The number of ether oxygens (including phenoxy) is 1. The van der Waals surface area contributed by atoms with Crippen molar-refractivity contribution in [2.75, 3.05) is 19.8 Å². The Kier molecular flexibility index (Phi) is 3.01. The van der Waals surface area contributed by atoms with Crippen molar-refractivity contribution in [1.82, 2.24) is 0 Å². The molecule has 2 rings (SSSR count). The number of sulfone groups is 1. The first-order chi connectivity index (χ1) is 7.93. The van der Waals surface area contributed by atoms with Gasteiger partial charge in [0.25, 0.3) is 0 Å². The third-order valence-electron chi connectivity index (χ3n) is 3.21. The molecule has 4 nitrogen and oxygen atoms in total. The average Bonchev–Trinajstić information content (AvgIpc) is 2.15. The molecule has 1 aromatic carbocycles. The maximum Gasteiger partial charge on any atom is 0.191 e. The van der Waals surface area contributed by atoms with E-state index in [4.69, 9.17) is 4.74 Å². The number of hydrogen-bond donors (Lipinski definition) is 1. The minimum absolute atomic E-state index is 0.0686. The predicted molar refractivity (Wildman–Crippen MR) is 63.7 cm³/mol. The molecule has 0 atom stereocenters. The Hall–Kier alpha value is -0.910. The van der Waals surface area contributed by atoms with Gasteiger partial charge in [-0.1, -0.05) is 17.7 Å². The van der Waals surface area contributed by atoms with Crippen molar-refractivity contribution in [2.45, 2.75) is 23.5 Å². The zero-order valence-corrected chi connectivity index (χ0v) is 10.8. The molecule has 1 saturated heterocycles. The fraction of sp³-hybridized carbons (Fsp3) is 0.500. The molecule has 5 heteroatoms. The number of benzene rings is 1. The number of aliphatic hydroxyl groups is 1. The van der Waals surface area contributed by atoms with Crippen molar-refractivity contribution in [2.24, 2.45) is 0 Å². The topological polar surface area (TPSA) is 63.6 Å². The van der Waals surface area contributed by atoms with Gasteiger partial charge in [-0.2, -0.15) is 0 Å². The minimum atomic E-state index is -3.54. The third-order valence-corrected chi connectivity index (χ3v) is 5.75. The van der Waals surface area contributed by atoms with Crippen LogP contribution in [-0.4, -0.2) is 38.1 Å². The quantitative estimate of drug-likeness (QED) is 0.870. The highest BCUT2D eigenvalue weighted by Crippen LogP contribution is 2.33. The second-order valence-electron chi connectivity index (χ2n) is 4.61. The van der Waals surface area contributed by atoms with Gasteiger partial charge in [0, 0.05) is 0 Å². The molecule has 1 aromatic rings. The van der Waals surface area contributed by atoms with Crippen LogP contribution in [0, 0.1) is 13.8 Å². The van der Waals surface area contributed by atoms with Gasteiger partial charge in [-0.25, -0.2) is 8.42 Å². The lowest BCUT2D eigenvalue weighted by molar-refractivity contribution is -0.0367. The maximum atomic E-state index is 12.5. The number of aryl methyl sites for hydroxylation is 2. The summed E-state index contributed by atoms with van der Waals surface area (Å²) in [4.78, 5) is 0.292. The molecular formula is C12H16O4S. The molecule has 17 heavy (non-hydrogen) atoms. The summed E-state index contributed by atoms with van der Waals surface area (Å²) in [5, 5.41) is 9.32. The van der Waals surface area contributed by atoms with Crippen LogP contribution in [0.1, 0.15) is 11.1 Å². The number of rotatable bonds is 3. The van der Waals surface area contributed by atoms with Crippen molar-refractivity contribution >= 4 is 9.84 Å². The first-order valence-electron chi connectivity index (χ1n) is 5.43. The summed E-state index contributed by atoms with van der Waals surface area (Å²) in [5.41, 5.74) is 1.73. The highest BCUT2D eigenvalue weighted by atomic mass is 32.2. The molecule has 0 saturated carbocycles. The molecule has 0 amide bonds. The fourth-order valence-electron chi connectivity index (χ4n) is 2.00. The van der Waals surface area contributed by atoms with Crippen LogP contribution in [0.25, 0.3) is 0 Å². The molecule has 0 aliphatic carbocycles. The molecule has 0 radical (unpaired) electrons. The summed E-state index contributed by atoms with van der Waals surface area (Å²) < 4.78 is 28.7. The van der Waals surface area contributed by atoms with Gasteiger partial charge in [0.2, 0.25) is 0 Å².